The second-order valence-electron chi connectivity index (χ2n) is 7.06. The summed E-state index contributed by atoms with van der Waals surface area (Å²) in [4.78, 5) is 17.9. The van der Waals surface area contributed by atoms with Gasteiger partial charge in [-0.25, -0.2) is 0 Å². The molecule has 1 amide bonds. The minimum atomic E-state index is -0.234. The summed E-state index contributed by atoms with van der Waals surface area (Å²) in [5.41, 5.74) is 4.35. The fourth-order valence-corrected chi connectivity index (χ4v) is 3.29. The van der Waals surface area contributed by atoms with E-state index in [1.807, 2.05) is 72.8 Å². The van der Waals surface area contributed by atoms with Crippen LogP contribution in [-0.2, 0) is 9.63 Å². The van der Waals surface area contributed by atoms with E-state index in [-0.39, 0.29) is 18.1 Å². The van der Waals surface area contributed by atoms with Gasteiger partial charge in [0, 0.05) is 23.8 Å². The van der Waals surface area contributed by atoms with Crippen molar-refractivity contribution >= 4 is 23.0 Å². The Bertz CT molecular complexity index is 986. The fourth-order valence-electron chi connectivity index (χ4n) is 3.29. The van der Waals surface area contributed by atoms with E-state index < -0.39 is 0 Å². The molecule has 5 heteroatoms. The summed E-state index contributed by atoms with van der Waals surface area (Å²) < 4.78 is 0. The summed E-state index contributed by atoms with van der Waals surface area (Å²) >= 11 is 0. The highest BCUT2D eigenvalue weighted by Gasteiger charge is 2.27. The van der Waals surface area contributed by atoms with Gasteiger partial charge in [0.1, 0.15) is 5.71 Å². The molecule has 146 valence electrons. The Kier molecular flexibility index (Phi) is 5.56. The summed E-state index contributed by atoms with van der Waals surface area (Å²) in [7, 11) is 0. The molecule has 3 aromatic carbocycles. The van der Waals surface area contributed by atoms with Gasteiger partial charge in [-0.15, -0.1) is 0 Å². The first-order valence-electron chi connectivity index (χ1n) is 9.69. The maximum atomic E-state index is 12.5. The van der Waals surface area contributed by atoms with E-state index in [2.05, 4.69) is 34.8 Å². The molecular weight excluding hydrogens is 362 g/mol. The average Bonchev–Trinajstić information content (AvgIpc) is 3.27. The molecular formula is C24H23N3O2. The van der Waals surface area contributed by atoms with Crippen LogP contribution in [0.25, 0.3) is 0 Å². The van der Waals surface area contributed by atoms with Crippen LogP contribution in [0.15, 0.2) is 90.1 Å². The number of nitrogens with one attached hydrogen (secondary N) is 2. The van der Waals surface area contributed by atoms with Crippen LogP contribution in [0.1, 0.15) is 36.6 Å². The zero-order valence-electron chi connectivity index (χ0n) is 16.2. The predicted octanol–water partition coefficient (Wildman–Crippen LogP) is 5.32. The van der Waals surface area contributed by atoms with Gasteiger partial charge in [-0.2, -0.15) is 0 Å². The molecule has 0 bridgehead atoms. The third-order valence-corrected chi connectivity index (χ3v) is 4.93. The van der Waals surface area contributed by atoms with Gasteiger partial charge in [-0.3, -0.25) is 4.79 Å². The highest BCUT2D eigenvalue weighted by atomic mass is 16.6. The van der Waals surface area contributed by atoms with Crippen LogP contribution in [0.5, 0.6) is 0 Å². The molecule has 0 saturated carbocycles. The SMILES string of the molecule is CC(Nc1ccc(NC(=O)C2=NOC(c3ccccc3)C2)cc1)c1ccccc1. The summed E-state index contributed by atoms with van der Waals surface area (Å²) in [6.07, 6.45) is 0.257. The minimum Gasteiger partial charge on any atom is -0.387 e. The van der Waals surface area contributed by atoms with Crippen LogP contribution < -0.4 is 10.6 Å². The number of benzene rings is 3. The largest absolute Gasteiger partial charge is 0.387 e. The van der Waals surface area contributed by atoms with Crippen molar-refractivity contribution in [2.24, 2.45) is 5.16 Å². The van der Waals surface area contributed by atoms with Crippen molar-refractivity contribution in [2.45, 2.75) is 25.5 Å². The van der Waals surface area contributed by atoms with Gasteiger partial charge in [0.25, 0.3) is 5.91 Å². The van der Waals surface area contributed by atoms with Crippen molar-refractivity contribution in [3.05, 3.63) is 96.1 Å². The van der Waals surface area contributed by atoms with Crippen LogP contribution >= 0.6 is 0 Å². The Morgan fingerprint density at radius 3 is 2.24 bits per heavy atom. The van der Waals surface area contributed by atoms with E-state index in [4.69, 9.17) is 4.84 Å². The minimum absolute atomic E-state index is 0.191. The molecule has 1 heterocycles. The van der Waals surface area contributed by atoms with Crippen LogP contribution in [0, 0.1) is 0 Å². The number of rotatable bonds is 6. The lowest BCUT2D eigenvalue weighted by Crippen LogP contribution is -2.21. The van der Waals surface area contributed by atoms with Crippen molar-refractivity contribution < 1.29 is 9.63 Å². The number of carbonyl (C=O) groups excluding carboxylic acids is 1. The van der Waals surface area contributed by atoms with E-state index in [0.29, 0.717) is 12.1 Å². The third-order valence-electron chi connectivity index (χ3n) is 4.93. The Balaban J connectivity index is 1.32. The van der Waals surface area contributed by atoms with Gasteiger partial charge in [-0.05, 0) is 42.3 Å². The fraction of sp³-hybridized carbons (Fsp3) is 0.167. The van der Waals surface area contributed by atoms with Gasteiger partial charge in [0.15, 0.2) is 6.10 Å². The molecule has 2 unspecified atom stereocenters. The van der Waals surface area contributed by atoms with E-state index in [1.54, 1.807) is 0 Å². The number of oxime groups is 1. The Hall–Kier alpha value is -3.60. The molecule has 0 radical (unpaired) electrons. The molecule has 1 aliphatic heterocycles. The molecule has 0 spiro atoms. The number of nitrogens with zero attached hydrogens (tertiary/aromatic N) is 1. The van der Waals surface area contributed by atoms with Crippen molar-refractivity contribution in [1.82, 2.24) is 0 Å². The van der Waals surface area contributed by atoms with Gasteiger partial charge < -0.3 is 15.5 Å². The zero-order chi connectivity index (χ0) is 20.1. The van der Waals surface area contributed by atoms with Gasteiger partial charge >= 0.3 is 0 Å². The maximum absolute atomic E-state index is 12.5. The highest BCUT2D eigenvalue weighted by molar-refractivity contribution is 6.43. The molecule has 4 rings (SSSR count). The van der Waals surface area contributed by atoms with Crippen LogP contribution in [0.3, 0.4) is 0 Å². The van der Waals surface area contributed by atoms with Crippen molar-refractivity contribution in [3.63, 3.8) is 0 Å². The lowest BCUT2D eigenvalue weighted by molar-refractivity contribution is -0.110. The topological polar surface area (TPSA) is 62.7 Å². The van der Waals surface area contributed by atoms with Crippen molar-refractivity contribution in [3.8, 4) is 0 Å². The first kappa shape index (κ1) is 18.7. The molecule has 0 aliphatic carbocycles. The second kappa shape index (κ2) is 8.61. The molecule has 29 heavy (non-hydrogen) atoms. The molecule has 0 fully saturated rings. The van der Waals surface area contributed by atoms with E-state index in [9.17, 15) is 4.79 Å². The maximum Gasteiger partial charge on any atom is 0.273 e. The second-order valence-corrected chi connectivity index (χ2v) is 7.06. The zero-order valence-corrected chi connectivity index (χ0v) is 16.2. The molecule has 1 aliphatic rings. The van der Waals surface area contributed by atoms with Crippen molar-refractivity contribution in [2.75, 3.05) is 10.6 Å². The monoisotopic (exact) mass is 385 g/mol. The van der Waals surface area contributed by atoms with Gasteiger partial charge in [0.05, 0.1) is 0 Å². The first-order chi connectivity index (χ1) is 14.2. The smallest absolute Gasteiger partial charge is 0.273 e. The Morgan fingerprint density at radius 2 is 1.55 bits per heavy atom. The number of amides is 1. The standard InChI is InChI=1S/C24H23N3O2/c1-17(18-8-4-2-5-9-18)25-20-12-14-21(15-13-20)26-24(28)22-16-23(29-27-22)19-10-6-3-7-11-19/h2-15,17,23,25H,16H2,1H3,(H,26,28). The number of hydrogen-bond donors (Lipinski definition) is 2. The van der Waals surface area contributed by atoms with Gasteiger partial charge in [-0.1, -0.05) is 65.8 Å². The molecule has 0 aromatic heterocycles. The highest BCUT2D eigenvalue weighted by Crippen LogP contribution is 2.27. The summed E-state index contributed by atoms with van der Waals surface area (Å²) in [6, 6.07) is 27.9. The van der Waals surface area contributed by atoms with E-state index in [0.717, 1.165) is 16.9 Å². The lowest BCUT2D eigenvalue weighted by Gasteiger charge is -2.16. The van der Waals surface area contributed by atoms with E-state index in [1.165, 1.54) is 5.56 Å². The molecule has 2 atom stereocenters. The number of anilines is 2. The number of carbonyl (C=O) groups is 1. The number of hydrogen-bond acceptors (Lipinski definition) is 4. The summed E-state index contributed by atoms with van der Waals surface area (Å²) in [5.74, 6) is -0.234. The quantitative estimate of drug-likeness (QED) is 0.604. The molecule has 3 aromatic rings. The Labute approximate surface area is 170 Å². The van der Waals surface area contributed by atoms with Crippen LogP contribution in [0.2, 0.25) is 0 Å². The Morgan fingerprint density at radius 1 is 0.931 bits per heavy atom. The van der Waals surface area contributed by atoms with E-state index >= 15 is 0 Å². The van der Waals surface area contributed by atoms with Crippen molar-refractivity contribution in [1.29, 1.82) is 0 Å². The average molecular weight is 385 g/mol. The molecule has 5 nitrogen and oxygen atoms in total. The van der Waals surface area contributed by atoms with Crippen LogP contribution in [-0.4, -0.2) is 11.6 Å². The van der Waals surface area contributed by atoms with Crippen LogP contribution in [0.4, 0.5) is 11.4 Å². The lowest BCUT2D eigenvalue weighted by atomic mass is 10.0. The molecule has 2 N–H and O–H groups in total. The summed E-state index contributed by atoms with van der Waals surface area (Å²) in [5, 5.41) is 10.3. The first-order valence-corrected chi connectivity index (χ1v) is 9.69. The molecule has 0 saturated heterocycles. The predicted molar refractivity (Wildman–Crippen MR) is 116 cm³/mol. The third kappa shape index (κ3) is 4.63. The normalized spacial score (nSPS) is 16.4. The summed E-state index contributed by atoms with van der Waals surface area (Å²) in [6.45, 7) is 2.12. The van der Waals surface area contributed by atoms with Gasteiger partial charge in [0.2, 0.25) is 0 Å².